The Morgan fingerprint density at radius 1 is 1.41 bits per heavy atom. The lowest BCUT2D eigenvalue weighted by Gasteiger charge is -2.02. The van der Waals surface area contributed by atoms with E-state index in [9.17, 15) is 9.59 Å². The molecule has 7 nitrogen and oxygen atoms in total. The van der Waals surface area contributed by atoms with Crippen LogP contribution in [0.15, 0.2) is 33.9 Å². The molecule has 0 unspecified atom stereocenters. The zero-order valence-corrected chi connectivity index (χ0v) is 13.1. The number of rotatable bonds is 5. The van der Waals surface area contributed by atoms with E-state index in [4.69, 9.17) is 16.0 Å². The Morgan fingerprint density at radius 2 is 2.23 bits per heavy atom. The van der Waals surface area contributed by atoms with Crippen molar-refractivity contribution < 1.29 is 18.7 Å². The number of carbonyl (C=O) groups is 2. The Labute approximate surface area is 135 Å². The number of thioether (sulfide) groups is 1. The van der Waals surface area contributed by atoms with Crippen LogP contribution in [-0.2, 0) is 9.53 Å². The first-order valence-corrected chi connectivity index (χ1v) is 7.63. The maximum absolute atomic E-state index is 11.5. The minimum Gasteiger partial charge on any atom is -0.450 e. The van der Waals surface area contributed by atoms with Gasteiger partial charge in [0.15, 0.2) is 0 Å². The number of alkyl carbamates (subject to hydrolysis) is 1. The minimum atomic E-state index is -0.779. The average molecular weight is 342 g/mol. The van der Waals surface area contributed by atoms with Gasteiger partial charge in [0.25, 0.3) is 5.22 Å². The van der Waals surface area contributed by atoms with Gasteiger partial charge in [-0.05, 0) is 25.1 Å². The molecule has 2 rings (SSSR count). The second-order valence-electron chi connectivity index (χ2n) is 3.94. The molecule has 1 aromatic carbocycles. The van der Waals surface area contributed by atoms with Gasteiger partial charge in [0, 0.05) is 10.6 Å². The first-order chi connectivity index (χ1) is 10.6. The van der Waals surface area contributed by atoms with Gasteiger partial charge in [0.1, 0.15) is 0 Å². The van der Waals surface area contributed by atoms with Gasteiger partial charge in [0.2, 0.25) is 11.8 Å². The lowest BCUT2D eigenvalue weighted by molar-refractivity contribution is -0.117. The predicted molar refractivity (Wildman–Crippen MR) is 80.6 cm³/mol. The fourth-order valence-electron chi connectivity index (χ4n) is 1.45. The number of nitrogens with one attached hydrogen (secondary N) is 1. The number of aromatic nitrogens is 2. The number of benzene rings is 1. The summed E-state index contributed by atoms with van der Waals surface area (Å²) in [5.41, 5.74) is 0.683. The summed E-state index contributed by atoms with van der Waals surface area (Å²) in [5.74, 6) is -0.252. The van der Waals surface area contributed by atoms with E-state index in [-0.39, 0.29) is 17.6 Å². The summed E-state index contributed by atoms with van der Waals surface area (Å²) >= 11 is 6.90. The summed E-state index contributed by atoms with van der Waals surface area (Å²) < 4.78 is 10.0. The molecule has 1 heterocycles. The van der Waals surface area contributed by atoms with Crippen LogP contribution in [0.4, 0.5) is 4.79 Å². The smallest absolute Gasteiger partial charge is 0.413 e. The third-order valence-corrected chi connectivity index (χ3v) is 3.38. The maximum atomic E-state index is 11.5. The number of amides is 2. The van der Waals surface area contributed by atoms with E-state index >= 15 is 0 Å². The average Bonchev–Trinajstić information content (AvgIpc) is 2.94. The van der Waals surface area contributed by atoms with Crippen molar-refractivity contribution >= 4 is 35.4 Å². The molecule has 0 aliphatic heterocycles. The van der Waals surface area contributed by atoms with Crippen LogP contribution in [-0.4, -0.2) is 34.6 Å². The number of hydrogen-bond acceptors (Lipinski definition) is 7. The quantitative estimate of drug-likeness (QED) is 0.835. The lowest BCUT2D eigenvalue weighted by atomic mass is 10.2. The predicted octanol–water partition coefficient (Wildman–Crippen LogP) is 2.75. The summed E-state index contributed by atoms with van der Waals surface area (Å²) in [6.07, 6.45) is -0.779. The molecule has 22 heavy (non-hydrogen) atoms. The highest BCUT2D eigenvalue weighted by Gasteiger charge is 2.13. The number of ether oxygens (including phenoxy) is 1. The van der Waals surface area contributed by atoms with E-state index in [0.717, 1.165) is 11.8 Å². The van der Waals surface area contributed by atoms with E-state index in [1.807, 2.05) is 0 Å². The fraction of sp³-hybridized carbons (Fsp3) is 0.231. The molecule has 0 bridgehead atoms. The van der Waals surface area contributed by atoms with Crippen LogP contribution in [0.1, 0.15) is 6.92 Å². The topological polar surface area (TPSA) is 94.3 Å². The Kier molecular flexibility index (Phi) is 5.79. The Bertz CT molecular complexity index is 677. The van der Waals surface area contributed by atoms with Crippen molar-refractivity contribution in [3.8, 4) is 11.5 Å². The molecule has 9 heteroatoms. The second-order valence-corrected chi connectivity index (χ2v) is 5.30. The third kappa shape index (κ3) is 4.74. The molecule has 0 fully saturated rings. The van der Waals surface area contributed by atoms with E-state index in [2.05, 4.69) is 20.3 Å². The van der Waals surface area contributed by atoms with Crippen LogP contribution in [0.5, 0.6) is 0 Å². The van der Waals surface area contributed by atoms with Crippen molar-refractivity contribution in [1.82, 2.24) is 15.5 Å². The molecular weight excluding hydrogens is 330 g/mol. The molecule has 0 saturated carbocycles. The molecule has 1 N–H and O–H groups in total. The largest absolute Gasteiger partial charge is 0.450 e. The van der Waals surface area contributed by atoms with Crippen molar-refractivity contribution in [3.63, 3.8) is 0 Å². The van der Waals surface area contributed by atoms with Crippen LogP contribution in [0.25, 0.3) is 11.5 Å². The highest BCUT2D eigenvalue weighted by molar-refractivity contribution is 7.99. The van der Waals surface area contributed by atoms with Crippen LogP contribution in [0.2, 0.25) is 5.02 Å². The standard InChI is InChI=1S/C13H12ClN3O4S/c1-2-20-12(19)15-10(18)7-22-13-17-16-11(21-13)8-4-3-5-9(14)6-8/h3-6H,2,7H2,1H3,(H,15,18,19). The van der Waals surface area contributed by atoms with Crippen LogP contribution >= 0.6 is 23.4 Å². The number of hydrogen-bond donors (Lipinski definition) is 1. The highest BCUT2D eigenvalue weighted by Crippen LogP contribution is 2.24. The Hall–Kier alpha value is -2.06. The minimum absolute atomic E-state index is 0.0456. The van der Waals surface area contributed by atoms with Gasteiger partial charge in [-0.25, -0.2) is 4.79 Å². The van der Waals surface area contributed by atoms with Crippen molar-refractivity contribution in [2.45, 2.75) is 12.1 Å². The van der Waals surface area contributed by atoms with Gasteiger partial charge in [-0.3, -0.25) is 10.1 Å². The first-order valence-electron chi connectivity index (χ1n) is 6.27. The molecule has 0 radical (unpaired) electrons. The van der Waals surface area contributed by atoms with Crippen molar-refractivity contribution in [2.75, 3.05) is 12.4 Å². The maximum Gasteiger partial charge on any atom is 0.413 e. The van der Waals surface area contributed by atoms with Gasteiger partial charge < -0.3 is 9.15 Å². The number of carbonyl (C=O) groups excluding carboxylic acids is 2. The van der Waals surface area contributed by atoms with Crippen molar-refractivity contribution in [2.24, 2.45) is 0 Å². The zero-order valence-electron chi connectivity index (χ0n) is 11.5. The molecule has 0 saturated heterocycles. The molecule has 2 amide bonds. The number of imide groups is 1. The van der Waals surface area contributed by atoms with Gasteiger partial charge in [-0.2, -0.15) is 0 Å². The first kappa shape index (κ1) is 16.3. The summed E-state index contributed by atoms with van der Waals surface area (Å²) in [4.78, 5) is 22.5. The Morgan fingerprint density at radius 3 is 2.95 bits per heavy atom. The van der Waals surface area contributed by atoms with Crippen molar-refractivity contribution in [3.05, 3.63) is 29.3 Å². The van der Waals surface area contributed by atoms with Gasteiger partial charge >= 0.3 is 6.09 Å². The van der Waals surface area contributed by atoms with Crippen molar-refractivity contribution in [1.29, 1.82) is 0 Å². The highest BCUT2D eigenvalue weighted by atomic mass is 35.5. The number of nitrogens with zero attached hydrogens (tertiary/aromatic N) is 2. The summed E-state index contributed by atoms with van der Waals surface area (Å²) in [6, 6.07) is 6.97. The van der Waals surface area contributed by atoms with Gasteiger partial charge in [-0.1, -0.05) is 29.4 Å². The van der Waals surface area contributed by atoms with Crippen LogP contribution in [0, 0.1) is 0 Å². The molecule has 0 aliphatic rings. The summed E-state index contributed by atoms with van der Waals surface area (Å²) in [5, 5.41) is 10.5. The Balaban J connectivity index is 1.90. The molecule has 1 aromatic heterocycles. The molecule has 2 aromatic rings. The van der Waals surface area contributed by atoms with Crippen LogP contribution < -0.4 is 5.32 Å². The normalized spacial score (nSPS) is 10.3. The molecule has 116 valence electrons. The molecule has 0 spiro atoms. The lowest BCUT2D eigenvalue weighted by Crippen LogP contribution is -2.32. The zero-order chi connectivity index (χ0) is 15.9. The van der Waals surface area contributed by atoms with E-state index < -0.39 is 12.0 Å². The monoisotopic (exact) mass is 341 g/mol. The summed E-state index contributed by atoms with van der Waals surface area (Å²) in [6.45, 7) is 1.84. The molecule has 0 atom stereocenters. The van der Waals surface area contributed by atoms with Gasteiger partial charge in [-0.15, -0.1) is 10.2 Å². The fourth-order valence-corrected chi connectivity index (χ4v) is 2.20. The van der Waals surface area contributed by atoms with E-state index in [1.165, 1.54) is 0 Å². The van der Waals surface area contributed by atoms with E-state index in [1.54, 1.807) is 31.2 Å². The SMILES string of the molecule is CCOC(=O)NC(=O)CSc1nnc(-c2cccc(Cl)c2)o1. The third-order valence-electron chi connectivity index (χ3n) is 2.32. The number of halogens is 1. The van der Waals surface area contributed by atoms with E-state index in [0.29, 0.717) is 16.5 Å². The van der Waals surface area contributed by atoms with Gasteiger partial charge in [0.05, 0.1) is 12.4 Å². The summed E-state index contributed by atoms with van der Waals surface area (Å²) in [7, 11) is 0. The second kappa shape index (κ2) is 7.81. The molecular formula is C13H12ClN3O4S. The van der Waals surface area contributed by atoms with Crippen LogP contribution in [0.3, 0.4) is 0 Å². The molecule has 0 aliphatic carbocycles.